The van der Waals surface area contributed by atoms with Gasteiger partial charge in [0.2, 0.25) is 0 Å². The van der Waals surface area contributed by atoms with E-state index >= 15 is 0 Å². The summed E-state index contributed by atoms with van der Waals surface area (Å²) in [5.41, 5.74) is 5.55. The van der Waals surface area contributed by atoms with Gasteiger partial charge in [-0.1, -0.05) is 59.7 Å². The summed E-state index contributed by atoms with van der Waals surface area (Å²) in [5.74, 6) is 0.516. The van der Waals surface area contributed by atoms with E-state index in [2.05, 4.69) is 71.6 Å². The van der Waals surface area contributed by atoms with Gasteiger partial charge in [0.05, 0.1) is 0 Å². The van der Waals surface area contributed by atoms with Crippen molar-refractivity contribution in [3.05, 3.63) is 70.8 Å². The van der Waals surface area contributed by atoms with Crippen molar-refractivity contribution in [3.63, 3.8) is 0 Å². The van der Waals surface area contributed by atoms with E-state index in [1.165, 1.54) is 28.7 Å². The Morgan fingerprint density at radius 1 is 0.889 bits per heavy atom. The zero-order chi connectivity index (χ0) is 13.0. The van der Waals surface area contributed by atoms with Crippen LogP contribution in [-0.4, -0.2) is 6.16 Å². The molecule has 0 nitrogen and oxygen atoms in total. The van der Waals surface area contributed by atoms with E-state index in [4.69, 9.17) is 0 Å². The molecule has 1 atom stereocenters. The fourth-order valence-electron chi connectivity index (χ4n) is 2.47. The van der Waals surface area contributed by atoms with Crippen LogP contribution < -0.4 is 0 Å². The molecule has 0 saturated heterocycles. The van der Waals surface area contributed by atoms with Gasteiger partial charge < -0.3 is 0 Å². The Bertz CT molecular complexity index is 471. The Hall–Kier alpha value is -1.13. The van der Waals surface area contributed by atoms with E-state index in [1.807, 2.05) is 0 Å². The Morgan fingerprint density at radius 2 is 1.39 bits per heavy atom. The van der Waals surface area contributed by atoms with Crippen molar-refractivity contribution in [2.45, 2.75) is 26.2 Å². The lowest BCUT2D eigenvalue weighted by Gasteiger charge is -2.18. The van der Waals surface area contributed by atoms with E-state index < -0.39 is 0 Å². The van der Waals surface area contributed by atoms with Gasteiger partial charge in [0.1, 0.15) is 0 Å². The maximum Gasteiger partial charge on any atom is 0.00927 e. The monoisotopic (exact) mass is 256 g/mol. The lowest BCUT2D eigenvalue weighted by Crippen LogP contribution is -2.02. The standard InChI is InChI=1S/C17H21P/c1-13-5-3-7-15(11-13)17(9-10-18)16-8-4-6-14(2)12-16/h3-8,11-12,17H,9-10,18H2,1-2H3. The molecule has 1 heteroatoms. The van der Waals surface area contributed by atoms with Gasteiger partial charge in [-0.3, -0.25) is 0 Å². The SMILES string of the molecule is Cc1cccc(C(CCP)c2cccc(C)c2)c1. The summed E-state index contributed by atoms with van der Waals surface area (Å²) in [5, 5.41) is 0. The highest BCUT2D eigenvalue weighted by molar-refractivity contribution is 7.16. The van der Waals surface area contributed by atoms with Crippen LogP contribution in [0.1, 0.15) is 34.6 Å². The zero-order valence-corrected chi connectivity index (χ0v) is 12.3. The Balaban J connectivity index is 2.39. The molecule has 0 saturated carbocycles. The first-order valence-corrected chi connectivity index (χ1v) is 7.35. The maximum absolute atomic E-state index is 2.85. The maximum atomic E-state index is 2.85. The smallest absolute Gasteiger partial charge is 0.00927 e. The first kappa shape index (κ1) is 13.3. The van der Waals surface area contributed by atoms with Gasteiger partial charge in [0.15, 0.2) is 0 Å². The minimum absolute atomic E-state index is 0.516. The molecule has 18 heavy (non-hydrogen) atoms. The van der Waals surface area contributed by atoms with Crippen molar-refractivity contribution >= 4 is 9.24 Å². The number of hydrogen-bond donors (Lipinski definition) is 0. The van der Waals surface area contributed by atoms with Crippen molar-refractivity contribution in [3.8, 4) is 0 Å². The third-order valence-electron chi connectivity index (χ3n) is 3.34. The van der Waals surface area contributed by atoms with Gasteiger partial charge in [-0.15, -0.1) is 9.24 Å². The normalized spacial score (nSPS) is 10.9. The Morgan fingerprint density at radius 3 is 1.78 bits per heavy atom. The van der Waals surface area contributed by atoms with Crippen LogP contribution in [0.5, 0.6) is 0 Å². The summed E-state index contributed by atoms with van der Waals surface area (Å²) >= 11 is 0. The van der Waals surface area contributed by atoms with Crippen molar-refractivity contribution in [2.24, 2.45) is 0 Å². The number of hydrogen-bond acceptors (Lipinski definition) is 0. The number of aryl methyl sites for hydroxylation is 2. The molecule has 0 bridgehead atoms. The summed E-state index contributed by atoms with van der Waals surface area (Å²) in [6, 6.07) is 17.8. The second kappa shape index (κ2) is 6.16. The molecule has 0 aliphatic heterocycles. The van der Waals surface area contributed by atoms with E-state index in [0.29, 0.717) is 5.92 Å². The van der Waals surface area contributed by atoms with Gasteiger partial charge in [-0.2, -0.15) is 0 Å². The molecule has 0 aliphatic rings. The van der Waals surface area contributed by atoms with Gasteiger partial charge in [-0.05, 0) is 37.6 Å². The van der Waals surface area contributed by atoms with Gasteiger partial charge in [0.25, 0.3) is 0 Å². The zero-order valence-electron chi connectivity index (χ0n) is 11.2. The third-order valence-corrected chi connectivity index (χ3v) is 3.68. The Labute approximate surface area is 113 Å². The summed E-state index contributed by atoms with van der Waals surface area (Å²) in [4.78, 5) is 0. The van der Waals surface area contributed by atoms with Crippen LogP contribution in [0.25, 0.3) is 0 Å². The van der Waals surface area contributed by atoms with Crippen LogP contribution in [0.4, 0.5) is 0 Å². The number of benzene rings is 2. The first-order chi connectivity index (χ1) is 8.70. The molecule has 2 aromatic rings. The quantitative estimate of drug-likeness (QED) is 0.695. The summed E-state index contributed by atoms with van der Waals surface area (Å²) in [6.45, 7) is 4.33. The predicted octanol–water partition coefficient (Wildman–Crippen LogP) is 4.70. The predicted molar refractivity (Wildman–Crippen MR) is 83.4 cm³/mol. The number of rotatable bonds is 4. The highest BCUT2D eigenvalue weighted by atomic mass is 31.0. The highest BCUT2D eigenvalue weighted by Gasteiger charge is 2.13. The van der Waals surface area contributed by atoms with Crippen molar-refractivity contribution in [2.75, 3.05) is 6.16 Å². The van der Waals surface area contributed by atoms with Crippen LogP contribution in [0.15, 0.2) is 48.5 Å². The van der Waals surface area contributed by atoms with E-state index in [9.17, 15) is 0 Å². The molecular formula is C17H21P. The van der Waals surface area contributed by atoms with Gasteiger partial charge >= 0.3 is 0 Å². The second-order valence-electron chi connectivity index (χ2n) is 4.96. The van der Waals surface area contributed by atoms with Crippen molar-refractivity contribution in [1.82, 2.24) is 0 Å². The van der Waals surface area contributed by atoms with Crippen LogP contribution in [0.3, 0.4) is 0 Å². The molecule has 0 heterocycles. The lowest BCUT2D eigenvalue weighted by atomic mass is 9.88. The molecule has 0 aliphatic carbocycles. The minimum atomic E-state index is 0.516. The highest BCUT2D eigenvalue weighted by Crippen LogP contribution is 2.29. The third kappa shape index (κ3) is 3.21. The van der Waals surface area contributed by atoms with Crippen LogP contribution in [0, 0.1) is 13.8 Å². The Kier molecular flexibility index (Phi) is 4.55. The summed E-state index contributed by atoms with van der Waals surface area (Å²) in [6.07, 6.45) is 2.31. The van der Waals surface area contributed by atoms with E-state index in [1.54, 1.807) is 0 Å². The average molecular weight is 256 g/mol. The summed E-state index contributed by atoms with van der Waals surface area (Å²) in [7, 11) is 2.85. The van der Waals surface area contributed by atoms with Crippen LogP contribution in [-0.2, 0) is 0 Å². The largest absolute Gasteiger partial charge is 0.138 e. The van der Waals surface area contributed by atoms with Gasteiger partial charge in [-0.25, -0.2) is 0 Å². The van der Waals surface area contributed by atoms with Gasteiger partial charge in [0, 0.05) is 5.92 Å². The fourth-order valence-corrected chi connectivity index (χ4v) is 2.80. The van der Waals surface area contributed by atoms with Crippen LogP contribution in [0.2, 0.25) is 0 Å². The second-order valence-corrected chi connectivity index (χ2v) is 5.54. The molecule has 0 amide bonds. The molecule has 0 fully saturated rings. The molecule has 0 aromatic heterocycles. The van der Waals surface area contributed by atoms with Crippen LogP contribution >= 0.6 is 9.24 Å². The molecule has 2 aromatic carbocycles. The topological polar surface area (TPSA) is 0 Å². The average Bonchev–Trinajstić information content (AvgIpc) is 2.36. The minimum Gasteiger partial charge on any atom is -0.138 e. The first-order valence-electron chi connectivity index (χ1n) is 6.54. The molecule has 0 N–H and O–H groups in total. The molecule has 0 radical (unpaired) electrons. The molecule has 2 rings (SSSR count). The van der Waals surface area contributed by atoms with E-state index in [0.717, 1.165) is 6.16 Å². The summed E-state index contributed by atoms with van der Waals surface area (Å²) < 4.78 is 0. The molecule has 1 unspecified atom stereocenters. The van der Waals surface area contributed by atoms with E-state index in [-0.39, 0.29) is 0 Å². The lowest BCUT2D eigenvalue weighted by molar-refractivity contribution is 0.783. The van der Waals surface area contributed by atoms with Crippen molar-refractivity contribution < 1.29 is 0 Å². The fraction of sp³-hybridized carbons (Fsp3) is 0.294. The molecular weight excluding hydrogens is 235 g/mol. The molecule has 94 valence electrons. The molecule has 0 spiro atoms. The van der Waals surface area contributed by atoms with Crippen molar-refractivity contribution in [1.29, 1.82) is 0 Å².